The zero-order valence-electron chi connectivity index (χ0n) is 10.2. The van der Waals surface area contributed by atoms with E-state index >= 15 is 0 Å². The maximum Gasteiger partial charge on any atom is 0.128 e. The molecule has 0 amide bonds. The molecular formula is C13H16N4S. The minimum absolute atomic E-state index is 0.972. The Bertz CT molecular complexity index is 463. The summed E-state index contributed by atoms with van der Waals surface area (Å²) in [5, 5.41) is 2.13. The lowest BCUT2D eigenvalue weighted by Crippen LogP contribution is -2.46. The van der Waals surface area contributed by atoms with Crippen LogP contribution in [-0.4, -0.2) is 41.0 Å². The predicted molar refractivity (Wildman–Crippen MR) is 73.8 cm³/mol. The van der Waals surface area contributed by atoms with E-state index in [2.05, 4.69) is 31.2 Å². The second kappa shape index (κ2) is 5.46. The first-order valence-electron chi connectivity index (χ1n) is 6.17. The quantitative estimate of drug-likeness (QED) is 0.843. The maximum atomic E-state index is 4.40. The summed E-state index contributed by atoms with van der Waals surface area (Å²) >= 11 is 1.67. The molecule has 5 heteroatoms. The molecule has 3 rings (SSSR count). The van der Waals surface area contributed by atoms with Crippen molar-refractivity contribution in [1.29, 1.82) is 0 Å². The first-order chi connectivity index (χ1) is 8.92. The Morgan fingerprint density at radius 2 is 2.00 bits per heavy atom. The van der Waals surface area contributed by atoms with Crippen LogP contribution in [0, 0.1) is 0 Å². The Kier molecular flexibility index (Phi) is 3.52. The summed E-state index contributed by atoms with van der Waals surface area (Å²) in [4.78, 5) is 13.5. The van der Waals surface area contributed by atoms with Crippen LogP contribution in [0.5, 0.6) is 0 Å². The predicted octanol–water partition coefficient (Wildman–Crippen LogP) is 1.86. The SMILES string of the molecule is c1ccc(N2CCN(Cc3cscn3)CC2)nc1. The van der Waals surface area contributed by atoms with Crippen molar-refractivity contribution >= 4 is 17.2 Å². The molecule has 1 fully saturated rings. The number of hydrogen-bond donors (Lipinski definition) is 0. The van der Waals surface area contributed by atoms with Gasteiger partial charge in [-0.05, 0) is 12.1 Å². The van der Waals surface area contributed by atoms with Gasteiger partial charge in [0.05, 0.1) is 11.2 Å². The van der Waals surface area contributed by atoms with E-state index in [1.54, 1.807) is 11.3 Å². The largest absolute Gasteiger partial charge is 0.354 e. The average Bonchev–Trinajstić information content (AvgIpc) is 2.94. The van der Waals surface area contributed by atoms with E-state index in [4.69, 9.17) is 0 Å². The van der Waals surface area contributed by atoms with Crippen molar-refractivity contribution in [3.8, 4) is 0 Å². The Balaban J connectivity index is 1.55. The Morgan fingerprint density at radius 3 is 2.67 bits per heavy atom. The van der Waals surface area contributed by atoms with Gasteiger partial charge in [-0.3, -0.25) is 4.90 Å². The highest BCUT2D eigenvalue weighted by molar-refractivity contribution is 7.07. The van der Waals surface area contributed by atoms with Crippen molar-refractivity contribution in [3.05, 3.63) is 41.0 Å². The molecule has 0 bridgehead atoms. The van der Waals surface area contributed by atoms with Gasteiger partial charge in [0.25, 0.3) is 0 Å². The van der Waals surface area contributed by atoms with Gasteiger partial charge >= 0.3 is 0 Å². The number of hydrogen-bond acceptors (Lipinski definition) is 5. The lowest BCUT2D eigenvalue weighted by molar-refractivity contribution is 0.247. The van der Waals surface area contributed by atoms with E-state index in [0.29, 0.717) is 0 Å². The first kappa shape index (κ1) is 11.6. The molecule has 2 aromatic heterocycles. The molecule has 0 aromatic carbocycles. The minimum Gasteiger partial charge on any atom is -0.354 e. The zero-order chi connectivity index (χ0) is 12.2. The molecule has 0 radical (unpaired) electrons. The molecule has 4 nitrogen and oxygen atoms in total. The first-order valence-corrected chi connectivity index (χ1v) is 7.11. The van der Waals surface area contributed by atoms with E-state index < -0.39 is 0 Å². The van der Waals surface area contributed by atoms with Gasteiger partial charge in [0, 0.05) is 44.3 Å². The molecule has 0 spiro atoms. The maximum absolute atomic E-state index is 4.40. The number of rotatable bonds is 3. The van der Waals surface area contributed by atoms with Crippen molar-refractivity contribution in [2.45, 2.75) is 6.54 Å². The van der Waals surface area contributed by atoms with Crippen LogP contribution in [0.4, 0.5) is 5.82 Å². The molecule has 1 saturated heterocycles. The van der Waals surface area contributed by atoms with E-state index in [0.717, 1.165) is 38.5 Å². The van der Waals surface area contributed by atoms with Gasteiger partial charge in [-0.2, -0.15) is 0 Å². The van der Waals surface area contributed by atoms with E-state index in [1.165, 1.54) is 5.69 Å². The van der Waals surface area contributed by atoms with Gasteiger partial charge in [0.1, 0.15) is 5.82 Å². The zero-order valence-corrected chi connectivity index (χ0v) is 11.0. The summed E-state index contributed by atoms with van der Waals surface area (Å²) in [5.41, 5.74) is 3.09. The summed E-state index contributed by atoms with van der Waals surface area (Å²) in [6.45, 7) is 5.21. The number of nitrogens with zero attached hydrogens (tertiary/aromatic N) is 4. The van der Waals surface area contributed by atoms with Crippen molar-refractivity contribution in [3.63, 3.8) is 0 Å². The molecule has 3 heterocycles. The third-order valence-electron chi connectivity index (χ3n) is 3.21. The van der Waals surface area contributed by atoms with Gasteiger partial charge in [-0.1, -0.05) is 6.07 Å². The molecule has 94 valence electrons. The lowest BCUT2D eigenvalue weighted by atomic mass is 10.3. The highest BCUT2D eigenvalue weighted by atomic mass is 32.1. The highest BCUT2D eigenvalue weighted by Crippen LogP contribution is 2.14. The number of pyridine rings is 1. The van der Waals surface area contributed by atoms with E-state index in [1.807, 2.05) is 23.8 Å². The van der Waals surface area contributed by atoms with E-state index in [9.17, 15) is 0 Å². The lowest BCUT2D eigenvalue weighted by Gasteiger charge is -2.35. The molecule has 0 aliphatic carbocycles. The summed E-state index contributed by atoms with van der Waals surface area (Å²) in [7, 11) is 0. The van der Waals surface area contributed by atoms with Gasteiger partial charge in [0.2, 0.25) is 0 Å². The molecule has 0 saturated carbocycles. The van der Waals surface area contributed by atoms with Crippen LogP contribution in [0.3, 0.4) is 0 Å². The fourth-order valence-electron chi connectivity index (χ4n) is 2.22. The number of anilines is 1. The molecular weight excluding hydrogens is 244 g/mol. The van der Waals surface area contributed by atoms with Crippen molar-refractivity contribution in [2.24, 2.45) is 0 Å². The average molecular weight is 260 g/mol. The molecule has 2 aromatic rings. The van der Waals surface area contributed by atoms with Crippen molar-refractivity contribution in [1.82, 2.24) is 14.9 Å². The smallest absolute Gasteiger partial charge is 0.128 e. The van der Waals surface area contributed by atoms with Gasteiger partial charge in [-0.25, -0.2) is 9.97 Å². The Labute approximate surface area is 111 Å². The summed E-state index contributed by atoms with van der Waals surface area (Å²) < 4.78 is 0. The molecule has 0 unspecified atom stereocenters. The topological polar surface area (TPSA) is 32.3 Å². The standard InChI is InChI=1S/C13H16N4S/c1-2-4-14-13(3-1)17-7-5-16(6-8-17)9-12-10-18-11-15-12/h1-4,10-11H,5-9H2. The third kappa shape index (κ3) is 2.68. The fourth-order valence-corrected chi connectivity index (χ4v) is 2.77. The van der Waals surface area contributed by atoms with Crippen LogP contribution in [0.25, 0.3) is 0 Å². The third-order valence-corrected chi connectivity index (χ3v) is 3.85. The monoisotopic (exact) mass is 260 g/mol. The van der Waals surface area contributed by atoms with Crippen LogP contribution < -0.4 is 4.90 Å². The molecule has 0 N–H and O–H groups in total. The van der Waals surface area contributed by atoms with Crippen LogP contribution in [0.2, 0.25) is 0 Å². The molecule has 18 heavy (non-hydrogen) atoms. The summed E-state index contributed by atoms with van der Waals surface area (Å²) in [5.74, 6) is 1.09. The van der Waals surface area contributed by atoms with Crippen molar-refractivity contribution < 1.29 is 0 Å². The molecule has 0 atom stereocenters. The second-order valence-corrected chi connectivity index (χ2v) is 5.15. The van der Waals surface area contributed by atoms with Crippen molar-refractivity contribution in [2.75, 3.05) is 31.1 Å². The summed E-state index contributed by atoms with van der Waals surface area (Å²) in [6, 6.07) is 6.09. The molecule has 1 aliphatic heterocycles. The van der Waals surface area contributed by atoms with Gasteiger partial charge in [0.15, 0.2) is 0 Å². The minimum atomic E-state index is 0.972. The van der Waals surface area contributed by atoms with E-state index in [-0.39, 0.29) is 0 Å². The number of piperazine rings is 1. The number of thiazole rings is 1. The van der Waals surface area contributed by atoms with Crippen LogP contribution >= 0.6 is 11.3 Å². The van der Waals surface area contributed by atoms with Crippen LogP contribution in [0.15, 0.2) is 35.3 Å². The highest BCUT2D eigenvalue weighted by Gasteiger charge is 2.18. The fraction of sp³-hybridized carbons (Fsp3) is 0.385. The van der Waals surface area contributed by atoms with Gasteiger partial charge < -0.3 is 4.90 Å². The Morgan fingerprint density at radius 1 is 1.11 bits per heavy atom. The van der Waals surface area contributed by atoms with Gasteiger partial charge in [-0.15, -0.1) is 11.3 Å². The van der Waals surface area contributed by atoms with Crippen LogP contribution in [-0.2, 0) is 6.54 Å². The second-order valence-electron chi connectivity index (χ2n) is 4.43. The summed E-state index contributed by atoms with van der Waals surface area (Å²) in [6.07, 6.45) is 1.86. The van der Waals surface area contributed by atoms with Crippen LogP contribution in [0.1, 0.15) is 5.69 Å². The number of aromatic nitrogens is 2. The Hall–Kier alpha value is -1.46. The normalized spacial score (nSPS) is 17.0. The molecule has 1 aliphatic rings.